The first-order chi connectivity index (χ1) is 8.27. The van der Waals surface area contributed by atoms with Gasteiger partial charge in [-0.05, 0) is 0 Å². The van der Waals surface area contributed by atoms with Crippen LogP contribution in [0.1, 0.15) is 22.8 Å². The first kappa shape index (κ1) is 12.2. The summed E-state index contributed by atoms with van der Waals surface area (Å²) in [7, 11) is 1.89. The second-order valence-corrected chi connectivity index (χ2v) is 4.57. The van der Waals surface area contributed by atoms with Gasteiger partial charge in [0.25, 0.3) is 0 Å². The molecule has 5 nitrogen and oxygen atoms in total. The van der Waals surface area contributed by atoms with E-state index in [2.05, 4.69) is 21.7 Å². The summed E-state index contributed by atoms with van der Waals surface area (Å²) in [6, 6.07) is 0.107. The predicted octanol–water partition coefficient (Wildman–Crippen LogP) is 1.75. The van der Waals surface area contributed by atoms with Crippen molar-refractivity contribution in [3.05, 3.63) is 40.2 Å². The van der Waals surface area contributed by atoms with Crippen LogP contribution in [0.2, 0.25) is 0 Å². The summed E-state index contributed by atoms with van der Waals surface area (Å²) in [5, 5.41) is 4.96. The zero-order valence-corrected chi connectivity index (χ0v) is 10.4. The number of thiazole rings is 1. The fraction of sp³-hybridized carbons (Fsp3) is 0.455. The molecule has 1 N–H and O–H groups in total. The Bertz CT molecular complexity index is 439. The predicted molar refractivity (Wildman–Crippen MR) is 66.1 cm³/mol. The standard InChI is InChI=1S/C11H14N4OS/c1-4-5-16-15(3)8-6-13-11(12-2)9-10(8)17-7-14-9/h4,7-8,11,13H,1,5-6H2,3H3. The average molecular weight is 250 g/mol. The first-order valence-corrected chi connectivity index (χ1v) is 6.15. The van der Waals surface area contributed by atoms with E-state index in [0.717, 1.165) is 10.6 Å². The molecule has 0 aliphatic carbocycles. The largest absolute Gasteiger partial charge is 0.321 e. The highest BCUT2D eigenvalue weighted by atomic mass is 32.1. The lowest BCUT2D eigenvalue weighted by Crippen LogP contribution is -2.39. The van der Waals surface area contributed by atoms with E-state index in [0.29, 0.717) is 13.2 Å². The van der Waals surface area contributed by atoms with Gasteiger partial charge >= 0.3 is 6.17 Å². The molecule has 0 bridgehead atoms. The van der Waals surface area contributed by atoms with Gasteiger partial charge in [0.05, 0.1) is 23.0 Å². The first-order valence-electron chi connectivity index (χ1n) is 5.27. The zero-order valence-electron chi connectivity index (χ0n) is 9.59. The van der Waals surface area contributed by atoms with Crippen LogP contribution in [0.4, 0.5) is 0 Å². The number of hydrogen-bond acceptors (Lipinski definition) is 5. The zero-order chi connectivity index (χ0) is 12.3. The highest BCUT2D eigenvalue weighted by Gasteiger charge is 2.35. The van der Waals surface area contributed by atoms with Crippen molar-refractivity contribution in [1.29, 1.82) is 0 Å². The van der Waals surface area contributed by atoms with E-state index in [1.807, 2.05) is 7.05 Å². The topological polar surface area (TPSA) is 41.8 Å². The van der Waals surface area contributed by atoms with Gasteiger partial charge in [-0.3, -0.25) is 9.68 Å². The summed E-state index contributed by atoms with van der Waals surface area (Å²) >= 11 is 1.57. The summed E-state index contributed by atoms with van der Waals surface area (Å²) < 4.78 is 0. The van der Waals surface area contributed by atoms with Crippen molar-refractivity contribution in [2.24, 2.45) is 0 Å². The molecule has 90 valence electrons. The maximum atomic E-state index is 7.12. The van der Waals surface area contributed by atoms with Crippen LogP contribution in [0.3, 0.4) is 0 Å². The molecular formula is C11H14N4OS. The Labute approximate surface area is 104 Å². The molecule has 2 atom stereocenters. The molecule has 0 spiro atoms. The third kappa shape index (κ3) is 2.37. The highest BCUT2D eigenvalue weighted by molar-refractivity contribution is 7.09. The van der Waals surface area contributed by atoms with Crippen LogP contribution in [0.15, 0.2) is 18.2 Å². The van der Waals surface area contributed by atoms with Crippen molar-refractivity contribution in [3.63, 3.8) is 0 Å². The normalized spacial score (nSPS) is 23.1. The lowest BCUT2D eigenvalue weighted by molar-refractivity contribution is -0.159. The number of aromatic nitrogens is 1. The smallest absolute Gasteiger partial charge is 0.294 e. The number of nitrogens with one attached hydrogen (secondary N) is 1. The van der Waals surface area contributed by atoms with E-state index in [1.54, 1.807) is 28.0 Å². The van der Waals surface area contributed by atoms with E-state index < -0.39 is 0 Å². The summed E-state index contributed by atoms with van der Waals surface area (Å²) in [5.74, 6) is 0. The molecule has 0 saturated carbocycles. The minimum absolute atomic E-state index is 0.107. The van der Waals surface area contributed by atoms with Gasteiger partial charge in [0.1, 0.15) is 0 Å². The van der Waals surface area contributed by atoms with Crippen molar-refractivity contribution in [1.82, 2.24) is 15.4 Å². The maximum absolute atomic E-state index is 7.12. The molecule has 1 aromatic heterocycles. The van der Waals surface area contributed by atoms with Gasteiger partial charge in [-0.25, -0.2) is 16.9 Å². The summed E-state index contributed by atoms with van der Waals surface area (Å²) in [6.45, 7) is 11.9. The van der Waals surface area contributed by atoms with Gasteiger partial charge in [-0.2, -0.15) is 5.06 Å². The van der Waals surface area contributed by atoms with Gasteiger partial charge in [0.15, 0.2) is 5.69 Å². The molecule has 0 fully saturated rings. The fourth-order valence-corrected chi connectivity index (χ4v) is 2.75. The third-order valence-corrected chi connectivity index (χ3v) is 3.60. The lowest BCUT2D eigenvalue weighted by Gasteiger charge is -2.30. The van der Waals surface area contributed by atoms with Gasteiger partial charge < -0.3 is 0 Å². The number of hydroxylamine groups is 2. The van der Waals surface area contributed by atoms with Gasteiger partial charge in [-0.15, -0.1) is 17.9 Å². The van der Waals surface area contributed by atoms with Crippen LogP contribution in [0.25, 0.3) is 4.85 Å². The lowest BCUT2D eigenvalue weighted by atomic mass is 10.1. The molecule has 1 aliphatic rings. The van der Waals surface area contributed by atoms with Crippen molar-refractivity contribution < 1.29 is 4.84 Å². The van der Waals surface area contributed by atoms with Crippen molar-refractivity contribution in [2.45, 2.75) is 12.2 Å². The summed E-state index contributed by atoms with van der Waals surface area (Å²) in [6.07, 6.45) is 1.39. The van der Waals surface area contributed by atoms with E-state index in [-0.39, 0.29) is 12.2 Å². The number of hydrogen-bond donors (Lipinski definition) is 1. The molecule has 6 heteroatoms. The fourth-order valence-electron chi connectivity index (χ4n) is 1.79. The monoisotopic (exact) mass is 250 g/mol. The summed E-state index contributed by atoms with van der Waals surface area (Å²) in [4.78, 5) is 14.4. The second kappa shape index (κ2) is 5.38. The SMILES string of the molecule is [C-]#[N+]C1NCC(N(C)OCC=C)c2scnc21. The van der Waals surface area contributed by atoms with Crippen LogP contribution in [-0.2, 0) is 4.84 Å². The molecular weight excluding hydrogens is 236 g/mol. The number of rotatable bonds is 4. The minimum Gasteiger partial charge on any atom is -0.294 e. The Morgan fingerprint density at radius 1 is 1.88 bits per heavy atom. The van der Waals surface area contributed by atoms with Crippen LogP contribution < -0.4 is 5.32 Å². The Balaban J connectivity index is 2.17. The van der Waals surface area contributed by atoms with Gasteiger partial charge in [0, 0.05) is 13.6 Å². The molecule has 1 aromatic rings. The molecule has 2 rings (SSSR count). The van der Waals surface area contributed by atoms with Crippen LogP contribution >= 0.6 is 11.3 Å². The highest BCUT2D eigenvalue weighted by Crippen LogP contribution is 2.34. The van der Waals surface area contributed by atoms with Crippen molar-refractivity contribution in [3.8, 4) is 0 Å². The molecule has 0 aromatic carbocycles. The molecule has 2 unspecified atom stereocenters. The van der Waals surface area contributed by atoms with E-state index >= 15 is 0 Å². The molecule has 0 radical (unpaired) electrons. The molecule has 2 heterocycles. The van der Waals surface area contributed by atoms with E-state index in [9.17, 15) is 0 Å². The van der Waals surface area contributed by atoms with Crippen molar-refractivity contribution in [2.75, 3.05) is 20.2 Å². The Hall–Kier alpha value is -1.26. The van der Waals surface area contributed by atoms with Crippen LogP contribution in [-0.4, -0.2) is 30.2 Å². The quantitative estimate of drug-likeness (QED) is 0.502. The second-order valence-electron chi connectivity index (χ2n) is 3.69. The number of fused-ring (bicyclic) bond motifs is 1. The van der Waals surface area contributed by atoms with E-state index in [1.165, 1.54) is 0 Å². The Morgan fingerprint density at radius 2 is 2.71 bits per heavy atom. The number of nitrogens with zero attached hydrogens (tertiary/aromatic N) is 3. The molecule has 17 heavy (non-hydrogen) atoms. The van der Waals surface area contributed by atoms with Crippen LogP contribution in [0.5, 0.6) is 0 Å². The summed E-state index contributed by atoms with van der Waals surface area (Å²) in [5.41, 5.74) is 2.61. The Morgan fingerprint density at radius 3 is 3.41 bits per heavy atom. The average Bonchev–Trinajstić information content (AvgIpc) is 2.83. The maximum Gasteiger partial charge on any atom is 0.321 e. The molecule has 1 aliphatic heterocycles. The van der Waals surface area contributed by atoms with Gasteiger partial charge in [0.2, 0.25) is 0 Å². The van der Waals surface area contributed by atoms with Gasteiger partial charge in [-0.1, -0.05) is 6.08 Å². The molecule has 0 amide bonds. The van der Waals surface area contributed by atoms with Crippen molar-refractivity contribution >= 4 is 11.3 Å². The van der Waals surface area contributed by atoms with Crippen LogP contribution in [0, 0.1) is 6.57 Å². The Kier molecular flexibility index (Phi) is 3.86. The molecule has 0 saturated heterocycles. The third-order valence-electron chi connectivity index (χ3n) is 2.65. The minimum atomic E-state index is -0.319. The number of likely N-dealkylation sites (N-methyl/N-ethyl adjacent to an activating group) is 1. The van der Waals surface area contributed by atoms with E-state index in [4.69, 9.17) is 11.4 Å².